The maximum absolute atomic E-state index is 9.55. The van der Waals surface area contributed by atoms with Crippen LogP contribution in [0, 0.1) is 5.92 Å². The minimum atomic E-state index is -0.102. The van der Waals surface area contributed by atoms with Gasteiger partial charge in [-0.1, -0.05) is 6.42 Å². The Morgan fingerprint density at radius 2 is 2.50 bits per heavy atom. The highest BCUT2D eigenvalue weighted by molar-refractivity contribution is 4.92. The zero-order valence-corrected chi connectivity index (χ0v) is 7.03. The molecule has 0 aliphatic heterocycles. The van der Waals surface area contributed by atoms with Gasteiger partial charge in [-0.15, -0.1) is 0 Å². The highest BCUT2D eigenvalue weighted by Crippen LogP contribution is 2.27. The molecule has 0 amide bonds. The number of hydrogen-bond donors (Lipinski definition) is 2. The largest absolute Gasteiger partial charge is 0.393 e. The fraction of sp³-hybridized carbons (Fsp3) is 0.667. The Morgan fingerprint density at radius 3 is 3.08 bits per heavy atom. The van der Waals surface area contributed by atoms with E-state index in [9.17, 15) is 5.11 Å². The van der Waals surface area contributed by atoms with Crippen molar-refractivity contribution in [3.8, 4) is 0 Å². The molecule has 1 aromatic heterocycles. The van der Waals surface area contributed by atoms with E-state index in [1.165, 1.54) is 0 Å². The van der Waals surface area contributed by atoms with Crippen molar-refractivity contribution < 1.29 is 5.11 Å². The molecule has 2 N–H and O–H groups in total. The average Bonchev–Trinajstić information content (AvgIpc) is 2.65. The highest BCUT2D eigenvalue weighted by atomic mass is 16.3. The van der Waals surface area contributed by atoms with Crippen LogP contribution in [0.4, 0.5) is 0 Å². The first-order chi connectivity index (χ1) is 5.86. The van der Waals surface area contributed by atoms with E-state index in [-0.39, 0.29) is 6.10 Å². The average molecular weight is 166 g/mol. The molecule has 1 heterocycles. The van der Waals surface area contributed by atoms with Crippen molar-refractivity contribution in [1.29, 1.82) is 0 Å². The molecule has 1 fully saturated rings. The molecule has 1 aromatic rings. The number of aliphatic hydroxyl groups excluding tert-OH is 1. The lowest BCUT2D eigenvalue weighted by Gasteiger charge is -2.11. The van der Waals surface area contributed by atoms with Crippen LogP contribution < -0.4 is 0 Å². The van der Waals surface area contributed by atoms with Crippen molar-refractivity contribution >= 4 is 0 Å². The lowest BCUT2D eigenvalue weighted by atomic mass is 10.0. The Balaban J connectivity index is 1.95. The number of nitrogens with zero attached hydrogens (tertiary/aromatic N) is 1. The van der Waals surface area contributed by atoms with Crippen LogP contribution in [0.15, 0.2) is 12.4 Å². The minimum absolute atomic E-state index is 0.102. The predicted octanol–water partition coefficient (Wildman–Crippen LogP) is 1.11. The zero-order valence-electron chi connectivity index (χ0n) is 7.03. The summed E-state index contributed by atoms with van der Waals surface area (Å²) in [6.45, 7) is 0. The number of aliphatic hydroxyl groups is 1. The first-order valence-corrected chi connectivity index (χ1v) is 4.52. The van der Waals surface area contributed by atoms with E-state index < -0.39 is 0 Å². The highest BCUT2D eigenvalue weighted by Gasteiger charge is 2.25. The summed E-state index contributed by atoms with van der Waals surface area (Å²) in [5.74, 6) is 1.43. The van der Waals surface area contributed by atoms with E-state index in [1.54, 1.807) is 6.20 Å². The molecule has 2 rings (SSSR count). The molecule has 3 nitrogen and oxygen atoms in total. The van der Waals surface area contributed by atoms with Crippen LogP contribution in [0.1, 0.15) is 25.1 Å². The molecule has 0 saturated heterocycles. The number of nitrogens with one attached hydrogen (secondary N) is 1. The maximum atomic E-state index is 9.55. The topological polar surface area (TPSA) is 48.9 Å². The quantitative estimate of drug-likeness (QED) is 0.691. The Labute approximate surface area is 71.8 Å². The van der Waals surface area contributed by atoms with Crippen LogP contribution >= 0.6 is 0 Å². The molecule has 0 radical (unpaired) electrons. The van der Waals surface area contributed by atoms with E-state index >= 15 is 0 Å². The predicted molar refractivity (Wildman–Crippen MR) is 45.6 cm³/mol. The summed E-state index contributed by atoms with van der Waals surface area (Å²) in [4.78, 5) is 7.21. The third-order valence-corrected chi connectivity index (χ3v) is 2.63. The van der Waals surface area contributed by atoms with Gasteiger partial charge in [0.25, 0.3) is 0 Å². The van der Waals surface area contributed by atoms with Gasteiger partial charge in [0, 0.05) is 18.8 Å². The van der Waals surface area contributed by atoms with E-state index in [0.717, 1.165) is 31.5 Å². The van der Waals surface area contributed by atoms with Crippen LogP contribution in [-0.4, -0.2) is 21.2 Å². The summed E-state index contributed by atoms with van der Waals surface area (Å²) in [7, 11) is 0. The first-order valence-electron chi connectivity index (χ1n) is 4.52. The monoisotopic (exact) mass is 166 g/mol. The zero-order chi connectivity index (χ0) is 8.39. The van der Waals surface area contributed by atoms with Gasteiger partial charge in [-0.3, -0.25) is 0 Å². The van der Waals surface area contributed by atoms with Crippen molar-refractivity contribution in [3.05, 3.63) is 18.2 Å². The Hall–Kier alpha value is -0.830. The molecule has 66 valence electrons. The molecule has 1 saturated carbocycles. The van der Waals surface area contributed by atoms with Crippen molar-refractivity contribution in [1.82, 2.24) is 9.97 Å². The molecule has 0 spiro atoms. The van der Waals surface area contributed by atoms with E-state index in [2.05, 4.69) is 9.97 Å². The fourth-order valence-corrected chi connectivity index (χ4v) is 1.91. The number of H-pyrrole nitrogens is 1. The van der Waals surface area contributed by atoms with Crippen LogP contribution in [0.25, 0.3) is 0 Å². The smallest absolute Gasteiger partial charge is 0.106 e. The van der Waals surface area contributed by atoms with Gasteiger partial charge in [0.05, 0.1) is 6.10 Å². The second kappa shape index (κ2) is 3.27. The van der Waals surface area contributed by atoms with Crippen molar-refractivity contribution in [2.75, 3.05) is 0 Å². The van der Waals surface area contributed by atoms with E-state index in [4.69, 9.17) is 0 Å². The third kappa shape index (κ3) is 1.50. The summed E-state index contributed by atoms with van der Waals surface area (Å²) >= 11 is 0. The normalized spacial score (nSPS) is 29.4. The third-order valence-electron chi connectivity index (χ3n) is 2.63. The standard InChI is InChI=1S/C9H14N2O/c12-8-3-1-2-7(8)6-9-10-4-5-11-9/h4-5,7-8,12H,1-3,6H2,(H,10,11). The van der Waals surface area contributed by atoms with Gasteiger partial charge in [0.15, 0.2) is 0 Å². The van der Waals surface area contributed by atoms with Crippen molar-refractivity contribution in [2.24, 2.45) is 5.92 Å². The Bertz CT molecular complexity index is 233. The second-order valence-electron chi connectivity index (χ2n) is 3.50. The summed E-state index contributed by atoms with van der Waals surface area (Å²) < 4.78 is 0. The van der Waals surface area contributed by atoms with Crippen LogP contribution in [0.2, 0.25) is 0 Å². The number of hydrogen-bond acceptors (Lipinski definition) is 2. The molecular formula is C9H14N2O. The maximum Gasteiger partial charge on any atom is 0.106 e. The van der Waals surface area contributed by atoms with Gasteiger partial charge in [-0.2, -0.15) is 0 Å². The molecule has 3 heteroatoms. The lowest BCUT2D eigenvalue weighted by molar-refractivity contribution is 0.132. The van der Waals surface area contributed by atoms with Crippen LogP contribution in [0.5, 0.6) is 0 Å². The molecule has 12 heavy (non-hydrogen) atoms. The molecule has 1 aliphatic carbocycles. The van der Waals surface area contributed by atoms with Crippen LogP contribution in [-0.2, 0) is 6.42 Å². The van der Waals surface area contributed by atoms with E-state index in [0.29, 0.717) is 5.92 Å². The molecule has 1 aliphatic rings. The molecule has 2 atom stereocenters. The lowest BCUT2D eigenvalue weighted by Crippen LogP contribution is -2.16. The second-order valence-corrected chi connectivity index (χ2v) is 3.50. The van der Waals surface area contributed by atoms with Crippen molar-refractivity contribution in [3.63, 3.8) is 0 Å². The number of rotatable bonds is 2. The van der Waals surface area contributed by atoms with Gasteiger partial charge in [0.1, 0.15) is 5.82 Å². The summed E-state index contributed by atoms with van der Waals surface area (Å²) in [6, 6.07) is 0. The Kier molecular flexibility index (Phi) is 2.13. The number of imidazole rings is 1. The number of aromatic nitrogens is 2. The minimum Gasteiger partial charge on any atom is -0.393 e. The van der Waals surface area contributed by atoms with Crippen LogP contribution in [0.3, 0.4) is 0 Å². The van der Waals surface area contributed by atoms with Gasteiger partial charge in [-0.05, 0) is 18.8 Å². The summed E-state index contributed by atoms with van der Waals surface area (Å²) in [6.07, 6.45) is 7.65. The van der Waals surface area contributed by atoms with E-state index in [1.807, 2.05) is 6.20 Å². The molecule has 0 bridgehead atoms. The number of aromatic amines is 1. The van der Waals surface area contributed by atoms with Crippen molar-refractivity contribution in [2.45, 2.75) is 31.8 Å². The van der Waals surface area contributed by atoms with Gasteiger partial charge in [0.2, 0.25) is 0 Å². The van der Waals surface area contributed by atoms with Gasteiger partial charge >= 0.3 is 0 Å². The summed E-state index contributed by atoms with van der Waals surface area (Å²) in [5.41, 5.74) is 0. The molecule has 2 unspecified atom stereocenters. The van der Waals surface area contributed by atoms with Gasteiger partial charge < -0.3 is 10.1 Å². The molecule has 0 aromatic carbocycles. The SMILES string of the molecule is OC1CCCC1Cc1ncc[nH]1. The summed E-state index contributed by atoms with van der Waals surface area (Å²) in [5, 5.41) is 9.55. The fourth-order valence-electron chi connectivity index (χ4n) is 1.91. The van der Waals surface area contributed by atoms with Gasteiger partial charge in [-0.25, -0.2) is 4.98 Å². The first kappa shape index (κ1) is 7.80. The Morgan fingerprint density at radius 1 is 1.58 bits per heavy atom. The molecular weight excluding hydrogens is 152 g/mol.